The van der Waals surface area contributed by atoms with Crippen LogP contribution >= 0.6 is 0 Å². The molecule has 4 nitrogen and oxygen atoms in total. The van der Waals surface area contributed by atoms with E-state index in [-0.39, 0.29) is 23.4 Å². The van der Waals surface area contributed by atoms with Gasteiger partial charge in [-0.2, -0.15) is 0 Å². The van der Waals surface area contributed by atoms with Gasteiger partial charge in [0.15, 0.2) is 0 Å². The predicted octanol–water partition coefficient (Wildman–Crippen LogP) is 1.05. The van der Waals surface area contributed by atoms with Crippen LogP contribution in [-0.4, -0.2) is 31.2 Å². The topological polar surface area (TPSA) is 64.3 Å². The monoisotopic (exact) mass is 228 g/mol. The molecule has 0 aromatic carbocycles. The number of rotatable bonds is 6. The van der Waals surface area contributed by atoms with E-state index in [2.05, 4.69) is 19.2 Å². The summed E-state index contributed by atoms with van der Waals surface area (Å²) in [4.78, 5) is 11.6. The Kier molecular flexibility index (Phi) is 4.74. The third-order valence-corrected chi connectivity index (χ3v) is 3.58. The largest absolute Gasteiger partial charge is 0.382 e. The highest BCUT2D eigenvalue weighted by Crippen LogP contribution is 2.38. The van der Waals surface area contributed by atoms with Crippen LogP contribution < -0.4 is 11.1 Å². The summed E-state index contributed by atoms with van der Waals surface area (Å²) in [6.45, 7) is 7.54. The molecule has 0 saturated heterocycles. The van der Waals surface area contributed by atoms with Gasteiger partial charge in [-0.25, -0.2) is 0 Å². The molecule has 0 aromatic rings. The summed E-state index contributed by atoms with van der Waals surface area (Å²) in [6.07, 6.45) is 2.23. The zero-order valence-corrected chi connectivity index (χ0v) is 10.6. The summed E-state index contributed by atoms with van der Waals surface area (Å²) in [5, 5.41) is 3.04. The van der Waals surface area contributed by atoms with Crippen molar-refractivity contribution in [3.05, 3.63) is 0 Å². The van der Waals surface area contributed by atoms with E-state index in [1.54, 1.807) is 0 Å². The molecule has 0 bridgehead atoms. The molecule has 2 unspecified atom stereocenters. The molecule has 2 atom stereocenters. The molecule has 1 aliphatic carbocycles. The van der Waals surface area contributed by atoms with E-state index in [0.717, 1.165) is 12.8 Å². The summed E-state index contributed by atoms with van der Waals surface area (Å²) >= 11 is 0. The van der Waals surface area contributed by atoms with Crippen molar-refractivity contribution in [2.75, 3.05) is 13.2 Å². The zero-order chi connectivity index (χ0) is 12.2. The van der Waals surface area contributed by atoms with Crippen LogP contribution in [0.2, 0.25) is 0 Å². The van der Waals surface area contributed by atoms with Gasteiger partial charge in [0.1, 0.15) is 0 Å². The lowest BCUT2D eigenvalue weighted by Crippen LogP contribution is -2.64. The Morgan fingerprint density at radius 2 is 2.25 bits per heavy atom. The number of amides is 1. The molecule has 16 heavy (non-hydrogen) atoms. The Hall–Kier alpha value is -0.610. The molecule has 0 radical (unpaired) electrons. The van der Waals surface area contributed by atoms with Crippen molar-refractivity contribution in [3.63, 3.8) is 0 Å². The Bertz CT molecular complexity index is 241. The molecule has 1 saturated carbocycles. The van der Waals surface area contributed by atoms with Crippen LogP contribution in [0.25, 0.3) is 0 Å². The number of carbonyl (C=O) groups is 1. The first kappa shape index (κ1) is 13.5. The Labute approximate surface area is 97.9 Å². The maximum absolute atomic E-state index is 11.6. The first-order chi connectivity index (χ1) is 7.48. The van der Waals surface area contributed by atoms with Crippen molar-refractivity contribution in [1.29, 1.82) is 0 Å². The molecule has 4 heteroatoms. The van der Waals surface area contributed by atoms with Gasteiger partial charge in [-0.05, 0) is 19.8 Å². The predicted molar refractivity (Wildman–Crippen MR) is 64.0 cm³/mol. The van der Waals surface area contributed by atoms with E-state index in [1.165, 1.54) is 0 Å². The highest BCUT2D eigenvalue weighted by atomic mass is 16.5. The van der Waals surface area contributed by atoms with Crippen LogP contribution in [0.5, 0.6) is 0 Å². The molecule has 1 fully saturated rings. The van der Waals surface area contributed by atoms with Crippen molar-refractivity contribution < 1.29 is 9.53 Å². The van der Waals surface area contributed by atoms with Crippen LogP contribution in [0.3, 0.4) is 0 Å². The minimum absolute atomic E-state index is 0.0373. The smallest absolute Gasteiger partial charge is 0.220 e. The molecule has 3 N–H and O–H groups in total. The van der Waals surface area contributed by atoms with Gasteiger partial charge >= 0.3 is 0 Å². The van der Waals surface area contributed by atoms with Gasteiger partial charge in [0, 0.05) is 37.1 Å². The number of carbonyl (C=O) groups excluding carboxylic acids is 1. The average Bonchev–Trinajstić information content (AvgIpc) is 2.24. The molecule has 0 aliphatic heterocycles. The van der Waals surface area contributed by atoms with E-state index >= 15 is 0 Å². The van der Waals surface area contributed by atoms with Crippen LogP contribution in [0, 0.1) is 5.41 Å². The van der Waals surface area contributed by atoms with Crippen molar-refractivity contribution >= 4 is 5.91 Å². The normalized spacial score (nSPS) is 27.2. The summed E-state index contributed by atoms with van der Waals surface area (Å²) < 4.78 is 5.19. The Balaban J connectivity index is 2.16. The molecule has 0 spiro atoms. The minimum atomic E-state index is 0.0373. The van der Waals surface area contributed by atoms with Crippen molar-refractivity contribution in [2.45, 2.75) is 52.1 Å². The second-order valence-corrected chi connectivity index (χ2v) is 5.08. The van der Waals surface area contributed by atoms with E-state index in [9.17, 15) is 4.79 Å². The fraction of sp³-hybridized carbons (Fsp3) is 0.917. The lowest BCUT2D eigenvalue weighted by atomic mass is 9.63. The highest BCUT2D eigenvalue weighted by molar-refractivity contribution is 5.76. The van der Waals surface area contributed by atoms with E-state index in [1.807, 2.05) is 6.92 Å². The SMILES string of the molecule is CCOCCCC(=O)NC1CC(N)C1(C)C. The highest BCUT2D eigenvalue weighted by Gasteiger charge is 2.46. The molecule has 94 valence electrons. The van der Waals surface area contributed by atoms with Crippen LogP contribution in [0.1, 0.15) is 40.0 Å². The maximum Gasteiger partial charge on any atom is 0.220 e. The Morgan fingerprint density at radius 1 is 1.56 bits per heavy atom. The number of nitrogens with one attached hydrogen (secondary N) is 1. The number of ether oxygens (including phenoxy) is 1. The molecule has 1 amide bonds. The summed E-state index contributed by atoms with van der Waals surface area (Å²) in [7, 11) is 0. The first-order valence-corrected chi connectivity index (χ1v) is 6.11. The van der Waals surface area contributed by atoms with Gasteiger partial charge < -0.3 is 15.8 Å². The fourth-order valence-corrected chi connectivity index (χ4v) is 1.95. The summed E-state index contributed by atoms with van der Waals surface area (Å²) in [5.41, 5.74) is 5.93. The van der Waals surface area contributed by atoms with Crippen molar-refractivity contribution in [3.8, 4) is 0 Å². The second kappa shape index (κ2) is 5.64. The Morgan fingerprint density at radius 3 is 2.75 bits per heavy atom. The third-order valence-electron chi connectivity index (χ3n) is 3.58. The van der Waals surface area contributed by atoms with Crippen LogP contribution in [0.4, 0.5) is 0 Å². The number of hydrogen-bond acceptors (Lipinski definition) is 3. The van der Waals surface area contributed by atoms with Crippen molar-refractivity contribution in [2.24, 2.45) is 11.1 Å². The van der Waals surface area contributed by atoms with E-state index in [4.69, 9.17) is 10.5 Å². The summed E-state index contributed by atoms with van der Waals surface area (Å²) in [6, 6.07) is 0.448. The van der Waals surface area contributed by atoms with Crippen LogP contribution in [-0.2, 0) is 9.53 Å². The summed E-state index contributed by atoms with van der Waals surface area (Å²) in [5.74, 6) is 0.115. The van der Waals surface area contributed by atoms with E-state index in [0.29, 0.717) is 19.6 Å². The maximum atomic E-state index is 11.6. The van der Waals surface area contributed by atoms with Gasteiger partial charge in [-0.1, -0.05) is 13.8 Å². The van der Waals surface area contributed by atoms with Gasteiger partial charge in [-0.3, -0.25) is 4.79 Å². The van der Waals surface area contributed by atoms with Crippen LogP contribution in [0.15, 0.2) is 0 Å². The zero-order valence-electron chi connectivity index (χ0n) is 10.6. The second-order valence-electron chi connectivity index (χ2n) is 5.08. The van der Waals surface area contributed by atoms with Gasteiger partial charge in [0.05, 0.1) is 0 Å². The van der Waals surface area contributed by atoms with Gasteiger partial charge in [0.25, 0.3) is 0 Å². The molecular weight excluding hydrogens is 204 g/mol. The van der Waals surface area contributed by atoms with Gasteiger partial charge in [0.2, 0.25) is 5.91 Å². The van der Waals surface area contributed by atoms with E-state index < -0.39 is 0 Å². The third kappa shape index (κ3) is 3.19. The molecule has 1 aliphatic rings. The average molecular weight is 228 g/mol. The lowest BCUT2D eigenvalue weighted by molar-refractivity contribution is -0.124. The standard InChI is InChI=1S/C12H24N2O2/c1-4-16-7-5-6-11(15)14-10-8-9(13)12(10,2)3/h9-10H,4-8,13H2,1-3H3,(H,14,15). The fourth-order valence-electron chi connectivity index (χ4n) is 1.95. The minimum Gasteiger partial charge on any atom is -0.382 e. The van der Waals surface area contributed by atoms with Gasteiger partial charge in [-0.15, -0.1) is 0 Å². The molecular formula is C12H24N2O2. The number of nitrogens with two attached hydrogens (primary N) is 1. The molecule has 0 aromatic heterocycles. The first-order valence-electron chi connectivity index (χ1n) is 6.11. The molecule has 1 rings (SSSR count). The lowest BCUT2D eigenvalue weighted by Gasteiger charge is -2.50. The number of hydrogen-bond donors (Lipinski definition) is 2. The van der Waals surface area contributed by atoms with Crippen molar-refractivity contribution in [1.82, 2.24) is 5.32 Å². The molecule has 0 heterocycles. The quantitative estimate of drug-likeness (QED) is 0.668.